The van der Waals surface area contributed by atoms with Crippen molar-refractivity contribution in [3.8, 4) is 0 Å². The Labute approximate surface area is 121 Å². The predicted molar refractivity (Wildman–Crippen MR) is 83.0 cm³/mol. The largest absolute Gasteiger partial charge is 0.298 e. The molecule has 0 amide bonds. The van der Waals surface area contributed by atoms with Gasteiger partial charge in [0.25, 0.3) is 0 Å². The summed E-state index contributed by atoms with van der Waals surface area (Å²) in [4.78, 5) is 5.34. The molecule has 0 aromatic carbocycles. The van der Waals surface area contributed by atoms with Gasteiger partial charge in [0.15, 0.2) is 0 Å². The van der Waals surface area contributed by atoms with Crippen LogP contribution in [0.2, 0.25) is 0 Å². The van der Waals surface area contributed by atoms with Crippen LogP contribution in [-0.4, -0.2) is 63.8 Å². The topological polar surface area (TPSA) is 23.6 Å². The molecule has 19 heavy (non-hydrogen) atoms. The highest BCUT2D eigenvalue weighted by atomic mass is 32.2. The molecule has 0 aliphatic carbocycles. The van der Waals surface area contributed by atoms with Crippen molar-refractivity contribution in [3.63, 3.8) is 0 Å². The van der Waals surface area contributed by atoms with Gasteiger partial charge in [0, 0.05) is 54.0 Å². The van der Waals surface area contributed by atoms with Gasteiger partial charge < -0.3 is 0 Å². The minimum Gasteiger partial charge on any atom is -0.298 e. The molecule has 3 atom stereocenters. The Morgan fingerprint density at radius 3 is 2.74 bits per heavy atom. The van der Waals surface area contributed by atoms with E-state index in [1.807, 2.05) is 6.92 Å². The Balaban J connectivity index is 1.95. The van der Waals surface area contributed by atoms with E-state index in [0.29, 0.717) is 12.0 Å². The van der Waals surface area contributed by atoms with Crippen molar-refractivity contribution >= 4 is 10.8 Å². The van der Waals surface area contributed by atoms with Gasteiger partial charge >= 0.3 is 0 Å². The molecule has 2 heterocycles. The van der Waals surface area contributed by atoms with Gasteiger partial charge in [-0.25, -0.2) is 0 Å². The predicted octanol–water partition coefficient (Wildman–Crippen LogP) is 1.95. The molecule has 0 N–H and O–H groups in total. The molecule has 112 valence electrons. The van der Waals surface area contributed by atoms with Crippen LogP contribution in [0, 0.1) is 5.92 Å². The highest BCUT2D eigenvalue weighted by Crippen LogP contribution is 2.26. The van der Waals surface area contributed by atoms with Crippen molar-refractivity contribution in [1.82, 2.24) is 9.80 Å². The molecule has 3 nitrogen and oxygen atoms in total. The van der Waals surface area contributed by atoms with Crippen LogP contribution < -0.4 is 0 Å². The Bertz CT molecular complexity index is 309. The molecule has 0 aromatic rings. The third-order valence-corrected chi connectivity index (χ3v) is 6.06. The van der Waals surface area contributed by atoms with E-state index < -0.39 is 10.8 Å². The molecule has 4 heteroatoms. The van der Waals surface area contributed by atoms with E-state index in [0.717, 1.165) is 24.1 Å². The van der Waals surface area contributed by atoms with Gasteiger partial charge in [0.2, 0.25) is 0 Å². The molecule has 2 saturated heterocycles. The average molecular weight is 286 g/mol. The third kappa shape index (κ3) is 4.02. The molecular weight excluding hydrogens is 256 g/mol. The number of fused-ring (bicyclic) bond motifs is 1. The summed E-state index contributed by atoms with van der Waals surface area (Å²) in [5, 5.41) is 0. The third-order valence-electron chi connectivity index (χ3n) is 4.78. The lowest BCUT2D eigenvalue weighted by atomic mass is 9.92. The van der Waals surface area contributed by atoms with E-state index in [-0.39, 0.29) is 0 Å². The number of rotatable bonds is 5. The fraction of sp³-hybridized carbons (Fsp3) is 1.00. The summed E-state index contributed by atoms with van der Waals surface area (Å²) in [5.41, 5.74) is 0. The minimum absolute atomic E-state index is 0.622. The Morgan fingerprint density at radius 2 is 2.05 bits per heavy atom. The summed E-state index contributed by atoms with van der Waals surface area (Å²) in [6, 6.07) is 1.42. The second-order valence-corrected chi connectivity index (χ2v) is 8.25. The molecule has 3 unspecified atom stereocenters. The molecule has 0 aromatic heterocycles. The van der Waals surface area contributed by atoms with Crippen LogP contribution in [0.5, 0.6) is 0 Å². The summed E-state index contributed by atoms with van der Waals surface area (Å²) < 4.78 is 11.7. The van der Waals surface area contributed by atoms with E-state index in [1.165, 1.54) is 38.9 Å². The number of piperidine rings is 1. The zero-order chi connectivity index (χ0) is 13.8. The van der Waals surface area contributed by atoms with Gasteiger partial charge in [-0.05, 0) is 25.3 Å². The maximum Gasteiger partial charge on any atom is 0.0362 e. The average Bonchev–Trinajstić information content (AvgIpc) is 2.43. The first-order valence-corrected chi connectivity index (χ1v) is 9.43. The summed E-state index contributed by atoms with van der Waals surface area (Å²) >= 11 is 0. The van der Waals surface area contributed by atoms with E-state index >= 15 is 0 Å². The van der Waals surface area contributed by atoms with Crippen molar-refractivity contribution < 1.29 is 4.21 Å². The molecule has 0 radical (unpaired) electrons. The SMILES string of the molecule is CCS(=O)CCN1CC2CCCCN2CC1C(C)C. The minimum atomic E-state index is -0.622. The van der Waals surface area contributed by atoms with Crippen molar-refractivity contribution in [2.45, 2.75) is 52.1 Å². The lowest BCUT2D eigenvalue weighted by Gasteiger charge is -2.49. The standard InChI is InChI=1S/C15H30N2OS/c1-4-19(18)10-9-17-11-14-7-5-6-8-16(14)12-15(17)13(2)3/h13-15H,4-12H2,1-3H3. The molecule has 2 aliphatic rings. The fourth-order valence-corrected chi connectivity index (χ4v) is 4.25. The highest BCUT2D eigenvalue weighted by Gasteiger charge is 2.35. The van der Waals surface area contributed by atoms with E-state index in [1.54, 1.807) is 0 Å². The first kappa shape index (κ1) is 15.5. The second kappa shape index (κ2) is 7.19. The van der Waals surface area contributed by atoms with Gasteiger partial charge in [-0.2, -0.15) is 0 Å². The normalized spacial score (nSPS) is 31.4. The lowest BCUT2D eigenvalue weighted by Crippen LogP contribution is -2.61. The van der Waals surface area contributed by atoms with E-state index in [9.17, 15) is 4.21 Å². The maximum absolute atomic E-state index is 11.7. The molecular formula is C15H30N2OS. The Kier molecular flexibility index (Phi) is 5.85. The summed E-state index contributed by atoms with van der Waals surface area (Å²) in [6.07, 6.45) is 4.13. The Morgan fingerprint density at radius 1 is 1.26 bits per heavy atom. The molecule has 0 spiro atoms. The highest BCUT2D eigenvalue weighted by molar-refractivity contribution is 7.84. The van der Waals surface area contributed by atoms with Crippen LogP contribution in [0.4, 0.5) is 0 Å². The van der Waals surface area contributed by atoms with E-state index in [2.05, 4.69) is 23.6 Å². The Hall–Kier alpha value is 0.0700. The number of hydrogen-bond acceptors (Lipinski definition) is 3. The van der Waals surface area contributed by atoms with Crippen molar-refractivity contribution in [3.05, 3.63) is 0 Å². The second-order valence-electron chi connectivity index (χ2n) is 6.38. The van der Waals surface area contributed by atoms with Gasteiger partial charge in [0.1, 0.15) is 0 Å². The smallest absolute Gasteiger partial charge is 0.0362 e. The number of hydrogen-bond donors (Lipinski definition) is 0. The summed E-state index contributed by atoms with van der Waals surface area (Å²) in [5.74, 6) is 2.35. The fourth-order valence-electron chi connectivity index (χ4n) is 3.52. The number of nitrogens with zero attached hydrogens (tertiary/aromatic N) is 2. The molecule has 0 bridgehead atoms. The van der Waals surface area contributed by atoms with Gasteiger partial charge in [-0.1, -0.05) is 27.2 Å². The monoisotopic (exact) mass is 286 g/mol. The van der Waals surface area contributed by atoms with Crippen LogP contribution in [0.15, 0.2) is 0 Å². The molecule has 2 aliphatic heterocycles. The maximum atomic E-state index is 11.7. The zero-order valence-corrected chi connectivity index (χ0v) is 13.6. The van der Waals surface area contributed by atoms with Crippen LogP contribution in [0.25, 0.3) is 0 Å². The first-order valence-electron chi connectivity index (χ1n) is 7.95. The van der Waals surface area contributed by atoms with E-state index in [4.69, 9.17) is 0 Å². The first-order chi connectivity index (χ1) is 9.11. The molecule has 0 saturated carbocycles. The van der Waals surface area contributed by atoms with Crippen LogP contribution in [-0.2, 0) is 10.8 Å². The molecule has 2 rings (SSSR count). The van der Waals surface area contributed by atoms with Crippen molar-refractivity contribution in [1.29, 1.82) is 0 Å². The zero-order valence-electron chi connectivity index (χ0n) is 12.8. The van der Waals surface area contributed by atoms with Gasteiger partial charge in [-0.15, -0.1) is 0 Å². The quantitative estimate of drug-likeness (QED) is 0.772. The van der Waals surface area contributed by atoms with Crippen molar-refractivity contribution in [2.24, 2.45) is 5.92 Å². The molecule has 2 fully saturated rings. The lowest BCUT2D eigenvalue weighted by molar-refractivity contribution is -0.00407. The van der Waals surface area contributed by atoms with Crippen LogP contribution in [0.3, 0.4) is 0 Å². The summed E-state index contributed by atoms with van der Waals surface area (Å²) in [7, 11) is -0.622. The summed E-state index contributed by atoms with van der Waals surface area (Å²) in [6.45, 7) is 11.4. The van der Waals surface area contributed by atoms with Crippen LogP contribution >= 0.6 is 0 Å². The van der Waals surface area contributed by atoms with Crippen molar-refractivity contribution in [2.75, 3.05) is 37.7 Å². The van der Waals surface area contributed by atoms with Gasteiger partial charge in [0.05, 0.1) is 0 Å². The number of piperazine rings is 1. The van der Waals surface area contributed by atoms with Crippen LogP contribution in [0.1, 0.15) is 40.0 Å². The van der Waals surface area contributed by atoms with Gasteiger partial charge in [-0.3, -0.25) is 14.0 Å².